The third-order valence-electron chi connectivity index (χ3n) is 2.68. The van der Waals surface area contributed by atoms with Gasteiger partial charge >= 0.3 is 0 Å². The summed E-state index contributed by atoms with van der Waals surface area (Å²) in [5.74, 6) is 5.78. The monoisotopic (exact) mass is 248 g/mol. The van der Waals surface area contributed by atoms with E-state index in [0.717, 1.165) is 22.2 Å². The molecule has 2 aromatic carbocycles. The van der Waals surface area contributed by atoms with Gasteiger partial charge < -0.3 is 0 Å². The van der Waals surface area contributed by atoms with E-state index < -0.39 is 0 Å². The van der Waals surface area contributed by atoms with Crippen LogP contribution in [0.25, 0.3) is 11.0 Å². The van der Waals surface area contributed by atoms with Crippen LogP contribution >= 0.6 is 0 Å². The van der Waals surface area contributed by atoms with E-state index in [4.69, 9.17) is 0 Å². The molecule has 3 rings (SSSR count). The lowest BCUT2D eigenvalue weighted by Gasteiger charge is -1.97. The fourth-order valence-corrected chi connectivity index (χ4v) is 1.77. The van der Waals surface area contributed by atoms with Crippen molar-refractivity contribution in [2.24, 2.45) is 0 Å². The number of fused-ring (bicyclic) bond motifs is 1. The van der Waals surface area contributed by atoms with Gasteiger partial charge in [-0.05, 0) is 36.4 Å². The molecule has 0 radical (unpaired) electrons. The van der Waals surface area contributed by atoms with Crippen molar-refractivity contribution >= 4 is 11.0 Å². The Kier molecular flexibility index (Phi) is 2.91. The number of aromatic nitrogens is 2. The Hall–Kier alpha value is -2.73. The summed E-state index contributed by atoms with van der Waals surface area (Å²) in [6.45, 7) is 0. The molecule has 0 unspecified atom stereocenters. The first-order chi connectivity index (χ1) is 9.33. The van der Waals surface area contributed by atoms with Crippen LogP contribution in [-0.2, 0) is 0 Å². The van der Waals surface area contributed by atoms with Crippen LogP contribution in [0.4, 0.5) is 4.39 Å². The summed E-state index contributed by atoms with van der Waals surface area (Å²) in [4.78, 5) is 8.51. The topological polar surface area (TPSA) is 25.8 Å². The van der Waals surface area contributed by atoms with Crippen molar-refractivity contribution in [3.8, 4) is 11.8 Å². The number of nitrogens with zero attached hydrogens (tertiary/aromatic N) is 2. The number of benzene rings is 2. The van der Waals surface area contributed by atoms with Crippen LogP contribution in [0.15, 0.2) is 54.9 Å². The molecule has 0 N–H and O–H groups in total. The molecule has 3 aromatic rings. The lowest BCUT2D eigenvalue weighted by molar-refractivity contribution is 0.627. The van der Waals surface area contributed by atoms with E-state index in [0.29, 0.717) is 0 Å². The molecule has 0 aliphatic heterocycles. The predicted octanol–water partition coefficient (Wildman–Crippen LogP) is 3.17. The number of hydrogen-bond donors (Lipinski definition) is 0. The Balaban J connectivity index is 2.05. The molecule has 2 nitrogen and oxygen atoms in total. The van der Waals surface area contributed by atoms with Crippen LogP contribution in [0.2, 0.25) is 0 Å². The molecule has 0 atom stereocenters. The molecule has 0 bridgehead atoms. The van der Waals surface area contributed by atoms with Gasteiger partial charge in [-0.2, -0.15) is 0 Å². The fraction of sp³-hybridized carbons (Fsp3) is 0. The zero-order valence-corrected chi connectivity index (χ0v) is 9.97. The van der Waals surface area contributed by atoms with Crippen molar-refractivity contribution in [3.05, 3.63) is 71.8 Å². The lowest BCUT2D eigenvalue weighted by atomic mass is 10.1. The summed E-state index contributed by atoms with van der Waals surface area (Å²) >= 11 is 0. The second kappa shape index (κ2) is 4.87. The van der Waals surface area contributed by atoms with Gasteiger partial charge in [-0.25, -0.2) is 4.39 Å². The van der Waals surface area contributed by atoms with Gasteiger partial charge in [0.2, 0.25) is 0 Å². The largest absolute Gasteiger partial charge is 0.253 e. The molecule has 0 spiro atoms. The zero-order chi connectivity index (χ0) is 13.1. The first-order valence-electron chi connectivity index (χ1n) is 5.80. The molecule has 90 valence electrons. The van der Waals surface area contributed by atoms with Gasteiger partial charge in [0.05, 0.1) is 11.1 Å². The molecule has 1 heterocycles. The molecule has 0 fully saturated rings. The van der Waals surface area contributed by atoms with E-state index in [1.807, 2.05) is 18.2 Å². The Labute approximate surface area is 110 Å². The summed E-state index contributed by atoms with van der Waals surface area (Å²) in [5.41, 5.74) is 3.17. The van der Waals surface area contributed by atoms with Crippen molar-refractivity contribution in [1.82, 2.24) is 9.97 Å². The summed E-state index contributed by atoms with van der Waals surface area (Å²) in [6, 6.07) is 11.8. The van der Waals surface area contributed by atoms with Gasteiger partial charge in [0.1, 0.15) is 11.3 Å². The summed E-state index contributed by atoms with van der Waals surface area (Å²) in [6.07, 6.45) is 3.30. The van der Waals surface area contributed by atoms with Crippen molar-refractivity contribution in [3.63, 3.8) is 0 Å². The average molecular weight is 248 g/mol. The quantitative estimate of drug-likeness (QED) is 0.571. The SMILES string of the molecule is Fc1ccc(C#Cc2cccc3nccnc23)cc1. The third-order valence-corrected chi connectivity index (χ3v) is 2.68. The number of para-hydroxylation sites is 1. The minimum atomic E-state index is -0.262. The van der Waals surface area contributed by atoms with E-state index in [1.54, 1.807) is 24.5 Å². The van der Waals surface area contributed by atoms with Crippen LogP contribution < -0.4 is 0 Å². The lowest BCUT2D eigenvalue weighted by Crippen LogP contribution is -1.86. The average Bonchev–Trinajstić information content (AvgIpc) is 2.47. The Morgan fingerprint density at radius 2 is 1.63 bits per heavy atom. The van der Waals surface area contributed by atoms with Crippen LogP contribution in [0.5, 0.6) is 0 Å². The second-order valence-electron chi connectivity index (χ2n) is 3.99. The molecular formula is C16H9FN2. The maximum absolute atomic E-state index is 12.8. The maximum atomic E-state index is 12.8. The van der Waals surface area contributed by atoms with Crippen molar-refractivity contribution in [2.75, 3.05) is 0 Å². The first-order valence-corrected chi connectivity index (χ1v) is 5.80. The van der Waals surface area contributed by atoms with E-state index in [-0.39, 0.29) is 5.82 Å². The third kappa shape index (κ3) is 2.43. The molecule has 0 amide bonds. The van der Waals surface area contributed by atoms with E-state index in [2.05, 4.69) is 21.8 Å². The first kappa shape index (κ1) is 11.4. The minimum absolute atomic E-state index is 0.262. The minimum Gasteiger partial charge on any atom is -0.253 e. The summed E-state index contributed by atoms with van der Waals surface area (Å²) in [5, 5.41) is 0. The van der Waals surface area contributed by atoms with Crippen molar-refractivity contribution in [2.45, 2.75) is 0 Å². The second-order valence-corrected chi connectivity index (χ2v) is 3.99. The normalized spacial score (nSPS) is 9.95. The van der Waals surface area contributed by atoms with Gasteiger partial charge in [-0.3, -0.25) is 9.97 Å². The van der Waals surface area contributed by atoms with Crippen molar-refractivity contribution in [1.29, 1.82) is 0 Å². The van der Waals surface area contributed by atoms with Crippen LogP contribution in [-0.4, -0.2) is 9.97 Å². The zero-order valence-electron chi connectivity index (χ0n) is 9.97. The highest BCUT2D eigenvalue weighted by Gasteiger charge is 1.99. The van der Waals surface area contributed by atoms with Crippen molar-refractivity contribution < 1.29 is 4.39 Å². The molecule has 3 heteroatoms. The molecule has 0 saturated carbocycles. The van der Waals surface area contributed by atoms with E-state index in [1.165, 1.54) is 12.1 Å². The summed E-state index contributed by atoms with van der Waals surface area (Å²) < 4.78 is 12.8. The van der Waals surface area contributed by atoms with Crippen LogP contribution in [0.3, 0.4) is 0 Å². The highest BCUT2D eigenvalue weighted by Crippen LogP contribution is 2.12. The highest BCUT2D eigenvalue weighted by atomic mass is 19.1. The van der Waals surface area contributed by atoms with Gasteiger partial charge in [0.15, 0.2) is 0 Å². The standard InChI is InChI=1S/C16H9FN2/c17-14-8-5-12(6-9-14)4-7-13-2-1-3-15-16(13)19-11-10-18-15/h1-3,5-6,8-11H. The Morgan fingerprint density at radius 1 is 0.842 bits per heavy atom. The molecule has 1 aromatic heterocycles. The highest BCUT2D eigenvalue weighted by molar-refractivity contribution is 5.80. The fourth-order valence-electron chi connectivity index (χ4n) is 1.77. The van der Waals surface area contributed by atoms with Gasteiger partial charge in [0, 0.05) is 18.0 Å². The molecule has 19 heavy (non-hydrogen) atoms. The van der Waals surface area contributed by atoms with E-state index >= 15 is 0 Å². The number of rotatable bonds is 0. The predicted molar refractivity (Wildman–Crippen MR) is 71.9 cm³/mol. The Morgan fingerprint density at radius 3 is 2.47 bits per heavy atom. The Bertz CT molecular complexity index is 778. The van der Waals surface area contributed by atoms with Crippen LogP contribution in [0.1, 0.15) is 11.1 Å². The molecular weight excluding hydrogens is 239 g/mol. The number of hydrogen-bond acceptors (Lipinski definition) is 2. The molecule has 0 aliphatic carbocycles. The summed E-state index contributed by atoms with van der Waals surface area (Å²) in [7, 11) is 0. The maximum Gasteiger partial charge on any atom is 0.123 e. The van der Waals surface area contributed by atoms with Gasteiger partial charge in [-0.15, -0.1) is 0 Å². The smallest absolute Gasteiger partial charge is 0.123 e. The molecule has 0 saturated heterocycles. The van der Waals surface area contributed by atoms with E-state index in [9.17, 15) is 4.39 Å². The van der Waals surface area contributed by atoms with Gasteiger partial charge in [-0.1, -0.05) is 17.9 Å². The van der Waals surface area contributed by atoms with Crippen LogP contribution in [0, 0.1) is 17.7 Å². The molecule has 0 aliphatic rings. The number of halogens is 1. The van der Waals surface area contributed by atoms with Gasteiger partial charge in [0.25, 0.3) is 0 Å².